The minimum absolute atomic E-state index is 0.0873. The van der Waals surface area contributed by atoms with E-state index in [9.17, 15) is 9.59 Å². The van der Waals surface area contributed by atoms with Crippen molar-refractivity contribution in [2.24, 2.45) is 0 Å². The molecule has 1 amide bonds. The fourth-order valence-electron chi connectivity index (χ4n) is 2.33. The van der Waals surface area contributed by atoms with E-state index in [-0.39, 0.29) is 11.8 Å². The summed E-state index contributed by atoms with van der Waals surface area (Å²) in [6, 6.07) is 16.4. The highest BCUT2D eigenvalue weighted by Crippen LogP contribution is 2.22. The van der Waals surface area contributed by atoms with Crippen LogP contribution in [-0.2, 0) is 9.53 Å². The second-order valence-electron chi connectivity index (χ2n) is 4.93. The van der Waals surface area contributed by atoms with Crippen molar-refractivity contribution in [3.63, 3.8) is 0 Å². The first-order valence-electron chi connectivity index (χ1n) is 7.20. The molecule has 0 heterocycles. The summed E-state index contributed by atoms with van der Waals surface area (Å²) < 4.78 is 4.68. The van der Waals surface area contributed by atoms with Crippen molar-refractivity contribution >= 4 is 17.6 Å². The number of methoxy groups -OCH3 is 1. The molecule has 0 aromatic heterocycles. The van der Waals surface area contributed by atoms with Gasteiger partial charge in [0.1, 0.15) is 0 Å². The largest absolute Gasteiger partial charge is 0.465 e. The van der Waals surface area contributed by atoms with E-state index in [1.54, 1.807) is 24.3 Å². The van der Waals surface area contributed by atoms with Crippen LogP contribution in [0.3, 0.4) is 0 Å². The molecule has 2 rings (SSSR count). The van der Waals surface area contributed by atoms with Gasteiger partial charge in [-0.05, 0) is 30.2 Å². The van der Waals surface area contributed by atoms with Crippen molar-refractivity contribution in [1.29, 1.82) is 0 Å². The molecule has 0 spiro atoms. The van der Waals surface area contributed by atoms with Crippen LogP contribution in [0.4, 0.5) is 5.69 Å². The van der Waals surface area contributed by atoms with Gasteiger partial charge in [-0.15, -0.1) is 0 Å². The molecule has 2 aromatic rings. The smallest absolute Gasteiger partial charge is 0.337 e. The topological polar surface area (TPSA) is 55.4 Å². The van der Waals surface area contributed by atoms with E-state index in [2.05, 4.69) is 10.1 Å². The van der Waals surface area contributed by atoms with E-state index in [0.717, 1.165) is 5.56 Å². The molecule has 114 valence electrons. The standard InChI is InChI=1S/C18H19NO3/c1-3-16(13-8-5-4-6-9-13)17(20)19-15-11-7-10-14(12-15)18(21)22-2/h4-12,16H,3H2,1-2H3,(H,19,20). The fraction of sp³-hybridized carbons (Fsp3) is 0.222. The quantitative estimate of drug-likeness (QED) is 0.858. The van der Waals surface area contributed by atoms with Gasteiger partial charge in [-0.2, -0.15) is 0 Å². The third-order valence-corrected chi connectivity index (χ3v) is 3.48. The number of amides is 1. The first-order chi connectivity index (χ1) is 10.7. The predicted molar refractivity (Wildman–Crippen MR) is 85.9 cm³/mol. The third-order valence-electron chi connectivity index (χ3n) is 3.48. The molecule has 4 nitrogen and oxygen atoms in total. The van der Waals surface area contributed by atoms with Crippen LogP contribution in [0.2, 0.25) is 0 Å². The van der Waals surface area contributed by atoms with Gasteiger partial charge in [0.25, 0.3) is 0 Å². The first-order valence-corrected chi connectivity index (χ1v) is 7.20. The molecule has 0 aliphatic carbocycles. The Kier molecular flexibility index (Phi) is 5.31. The lowest BCUT2D eigenvalue weighted by Crippen LogP contribution is -2.20. The molecule has 22 heavy (non-hydrogen) atoms. The van der Waals surface area contributed by atoms with Crippen LogP contribution >= 0.6 is 0 Å². The summed E-state index contributed by atoms with van der Waals surface area (Å²) in [5.74, 6) is -0.732. The second kappa shape index (κ2) is 7.41. The number of benzene rings is 2. The average Bonchev–Trinajstić information content (AvgIpc) is 2.56. The second-order valence-corrected chi connectivity index (χ2v) is 4.93. The van der Waals surface area contributed by atoms with Crippen molar-refractivity contribution in [3.05, 3.63) is 65.7 Å². The van der Waals surface area contributed by atoms with Crippen molar-refractivity contribution in [1.82, 2.24) is 0 Å². The van der Waals surface area contributed by atoms with E-state index in [1.807, 2.05) is 37.3 Å². The highest BCUT2D eigenvalue weighted by Gasteiger charge is 2.18. The van der Waals surface area contributed by atoms with Crippen LogP contribution in [0.5, 0.6) is 0 Å². The summed E-state index contributed by atoms with van der Waals surface area (Å²) in [6.45, 7) is 1.97. The lowest BCUT2D eigenvalue weighted by Gasteiger charge is -2.15. The molecule has 0 saturated heterocycles. The Morgan fingerprint density at radius 3 is 2.45 bits per heavy atom. The van der Waals surface area contributed by atoms with E-state index < -0.39 is 5.97 Å². The summed E-state index contributed by atoms with van der Waals surface area (Å²) in [5, 5.41) is 2.86. The molecule has 0 saturated carbocycles. The van der Waals surface area contributed by atoms with Crippen LogP contribution < -0.4 is 5.32 Å². The first kappa shape index (κ1) is 15.8. The molecule has 0 aliphatic heterocycles. The van der Waals surface area contributed by atoms with Crippen molar-refractivity contribution in [2.45, 2.75) is 19.3 Å². The summed E-state index contributed by atoms with van der Waals surface area (Å²) in [5.41, 5.74) is 1.97. The Balaban J connectivity index is 2.16. The number of ether oxygens (including phenoxy) is 1. The van der Waals surface area contributed by atoms with E-state index >= 15 is 0 Å². The number of esters is 1. The van der Waals surface area contributed by atoms with Crippen LogP contribution in [0.25, 0.3) is 0 Å². The number of rotatable bonds is 5. The van der Waals surface area contributed by atoms with E-state index in [4.69, 9.17) is 0 Å². The minimum Gasteiger partial charge on any atom is -0.465 e. The van der Waals surface area contributed by atoms with Gasteiger partial charge in [0.05, 0.1) is 18.6 Å². The molecule has 0 bridgehead atoms. The van der Waals surface area contributed by atoms with E-state index in [1.165, 1.54) is 7.11 Å². The third kappa shape index (κ3) is 3.73. The molecule has 2 aromatic carbocycles. The Morgan fingerprint density at radius 2 is 1.82 bits per heavy atom. The molecular weight excluding hydrogens is 278 g/mol. The van der Waals surface area contributed by atoms with E-state index in [0.29, 0.717) is 17.7 Å². The molecule has 0 fully saturated rings. The van der Waals surface area contributed by atoms with Gasteiger partial charge >= 0.3 is 5.97 Å². The summed E-state index contributed by atoms with van der Waals surface area (Å²) in [4.78, 5) is 24.0. The summed E-state index contributed by atoms with van der Waals surface area (Å²) in [6.07, 6.45) is 0.701. The van der Waals surface area contributed by atoms with Gasteiger partial charge in [0.2, 0.25) is 5.91 Å². The Morgan fingerprint density at radius 1 is 1.09 bits per heavy atom. The summed E-state index contributed by atoms with van der Waals surface area (Å²) >= 11 is 0. The van der Waals surface area contributed by atoms with Gasteiger partial charge < -0.3 is 10.1 Å². The number of hydrogen-bond donors (Lipinski definition) is 1. The van der Waals surface area contributed by atoms with Crippen molar-refractivity contribution in [3.8, 4) is 0 Å². The number of carbonyl (C=O) groups excluding carboxylic acids is 2. The molecule has 0 aliphatic rings. The normalized spacial score (nSPS) is 11.5. The molecule has 1 unspecified atom stereocenters. The number of carbonyl (C=O) groups is 2. The maximum atomic E-state index is 12.5. The van der Waals surface area contributed by atoms with Crippen molar-refractivity contribution in [2.75, 3.05) is 12.4 Å². The molecule has 4 heteroatoms. The van der Waals surface area contributed by atoms with Crippen molar-refractivity contribution < 1.29 is 14.3 Å². The molecule has 0 radical (unpaired) electrons. The lowest BCUT2D eigenvalue weighted by atomic mass is 9.95. The monoisotopic (exact) mass is 297 g/mol. The zero-order valence-corrected chi connectivity index (χ0v) is 12.7. The van der Waals surface area contributed by atoms with Gasteiger partial charge in [0.15, 0.2) is 0 Å². The Hall–Kier alpha value is -2.62. The number of hydrogen-bond acceptors (Lipinski definition) is 3. The SMILES string of the molecule is CCC(C(=O)Nc1cccc(C(=O)OC)c1)c1ccccc1. The average molecular weight is 297 g/mol. The Bertz CT molecular complexity index is 652. The van der Waals surface area contributed by atoms with Crippen LogP contribution in [-0.4, -0.2) is 19.0 Å². The van der Waals surface area contributed by atoms with Crippen LogP contribution in [0, 0.1) is 0 Å². The molecule has 1 N–H and O–H groups in total. The maximum Gasteiger partial charge on any atom is 0.337 e. The van der Waals surface area contributed by atoms with Crippen LogP contribution in [0.1, 0.15) is 35.2 Å². The number of nitrogens with one attached hydrogen (secondary N) is 1. The summed E-state index contributed by atoms with van der Waals surface area (Å²) in [7, 11) is 1.33. The zero-order chi connectivity index (χ0) is 15.9. The predicted octanol–water partition coefficient (Wildman–Crippen LogP) is 3.61. The maximum absolute atomic E-state index is 12.5. The minimum atomic E-state index is -0.425. The fourth-order valence-corrected chi connectivity index (χ4v) is 2.33. The zero-order valence-electron chi connectivity index (χ0n) is 12.7. The van der Waals surface area contributed by atoms with Crippen LogP contribution in [0.15, 0.2) is 54.6 Å². The van der Waals surface area contributed by atoms with Gasteiger partial charge in [-0.1, -0.05) is 43.3 Å². The lowest BCUT2D eigenvalue weighted by molar-refractivity contribution is -0.117. The van der Waals surface area contributed by atoms with Gasteiger partial charge in [-0.3, -0.25) is 4.79 Å². The van der Waals surface area contributed by atoms with Gasteiger partial charge in [0, 0.05) is 5.69 Å². The highest BCUT2D eigenvalue weighted by molar-refractivity contribution is 5.97. The van der Waals surface area contributed by atoms with Gasteiger partial charge in [-0.25, -0.2) is 4.79 Å². The molecule has 1 atom stereocenters. The number of anilines is 1. The molecular formula is C18H19NO3. The highest BCUT2D eigenvalue weighted by atomic mass is 16.5. The Labute approximate surface area is 130 Å².